The van der Waals surface area contributed by atoms with Crippen LogP contribution in [0.2, 0.25) is 0 Å². The smallest absolute Gasteiger partial charge is 0.133 e. The van der Waals surface area contributed by atoms with Gasteiger partial charge in [0.1, 0.15) is 17.7 Å². The molecule has 3 N–H and O–H groups in total. The van der Waals surface area contributed by atoms with Crippen molar-refractivity contribution < 1.29 is 9.13 Å². The van der Waals surface area contributed by atoms with Crippen LogP contribution in [0.4, 0.5) is 4.39 Å². The summed E-state index contributed by atoms with van der Waals surface area (Å²) in [4.78, 5) is 1.10. The van der Waals surface area contributed by atoms with Crippen molar-refractivity contribution in [1.82, 2.24) is 5.43 Å². The van der Waals surface area contributed by atoms with Crippen molar-refractivity contribution >= 4 is 11.8 Å². The Kier molecular flexibility index (Phi) is 3.91. The van der Waals surface area contributed by atoms with Crippen LogP contribution in [0.15, 0.2) is 53.4 Å². The van der Waals surface area contributed by atoms with E-state index in [-0.39, 0.29) is 18.0 Å². The lowest BCUT2D eigenvalue weighted by molar-refractivity contribution is 0.165. The Morgan fingerprint density at radius 2 is 1.95 bits per heavy atom. The zero-order valence-corrected chi connectivity index (χ0v) is 11.6. The molecular weight excluding hydrogens is 275 g/mol. The maximum absolute atomic E-state index is 13.9. The third-order valence-corrected chi connectivity index (χ3v) is 4.47. The van der Waals surface area contributed by atoms with E-state index in [0.717, 1.165) is 16.4 Å². The topological polar surface area (TPSA) is 47.3 Å². The molecule has 0 aliphatic carbocycles. The molecule has 2 aromatic carbocycles. The molecule has 0 spiro atoms. The predicted octanol–water partition coefficient (Wildman–Crippen LogP) is 2.88. The van der Waals surface area contributed by atoms with Gasteiger partial charge >= 0.3 is 0 Å². The van der Waals surface area contributed by atoms with E-state index in [4.69, 9.17) is 10.6 Å². The highest BCUT2D eigenvalue weighted by atomic mass is 32.2. The van der Waals surface area contributed by atoms with Crippen LogP contribution in [0.1, 0.15) is 11.6 Å². The second kappa shape index (κ2) is 5.83. The summed E-state index contributed by atoms with van der Waals surface area (Å²) in [5.41, 5.74) is 3.21. The second-order valence-electron chi connectivity index (χ2n) is 4.58. The Labute approximate surface area is 121 Å². The van der Waals surface area contributed by atoms with E-state index in [9.17, 15) is 4.39 Å². The average molecular weight is 290 g/mol. The first-order chi connectivity index (χ1) is 9.79. The van der Waals surface area contributed by atoms with Crippen LogP contribution in [-0.4, -0.2) is 11.9 Å². The highest BCUT2D eigenvalue weighted by Crippen LogP contribution is 2.38. The third kappa shape index (κ3) is 2.52. The molecule has 5 heteroatoms. The molecule has 1 aliphatic heterocycles. The van der Waals surface area contributed by atoms with E-state index in [0.29, 0.717) is 5.56 Å². The van der Waals surface area contributed by atoms with Crippen molar-refractivity contribution in [3.63, 3.8) is 0 Å². The number of hydrogen-bond donors (Lipinski definition) is 2. The van der Waals surface area contributed by atoms with Crippen LogP contribution in [0.25, 0.3) is 0 Å². The van der Waals surface area contributed by atoms with Gasteiger partial charge in [0, 0.05) is 16.2 Å². The molecule has 0 saturated carbocycles. The second-order valence-corrected chi connectivity index (χ2v) is 5.64. The Morgan fingerprint density at radius 3 is 2.75 bits per heavy atom. The van der Waals surface area contributed by atoms with Crippen molar-refractivity contribution in [2.75, 3.05) is 5.75 Å². The van der Waals surface area contributed by atoms with Gasteiger partial charge in [-0.3, -0.25) is 5.84 Å². The number of hydrazine groups is 1. The van der Waals surface area contributed by atoms with Gasteiger partial charge in [0.15, 0.2) is 0 Å². The molecule has 2 atom stereocenters. The molecular formula is C15H15FN2OS. The summed E-state index contributed by atoms with van der Waals surface area (Å²) in [5, 5.41) is 0. The Hall–Kier alpha value is -1.56. The number of nitrogens with one attached hydrogen (secondary N) is 1. The zero-order valence-electron chi connectivity index (χ0n) is 10.8. The first-order valence-corrected chi connectivity index (χ1v) is 7.37. The number of hydrogen-bond acceptors (Lipinski definition) is 4. The lowest BCUT2D eigenvalue weighted by Crippen LogP contribution is -2.42. The summed E-state index contributed by atoms with van der Waals surface area (Å²) in [6, 6.07) is 14.1. The summed E-state index contributed by atoms with van der Waals surface area (Å²) in [5.74, 6) is 6.89. The van der Waals surface area contributed by atoms with Gasteiger partial charge in [-0.05, 0) is 18.2 Å². The fourth-order valence-corrected chi connectivity index (χ4v) is 3.36. The van der Waals surface area contributed by atoms with Crippen LogP contribution >= 0.6 is 11.8 Å². The van der Waals surface area contributed by atoms with Crippen LogP contribution in [0.3, 0.4) is 0 Å². The first kappa shape index (κ1) is 13.4. The van der Waals surface area contributed by atoms with Gasteiger partial charge in [-0.1, -0.05) is 30.3 Å². The van der Waals surface area contributed by atoms with E-state index in [1.54, 1.807) is 30.0 Å². The number of ether oxygens (including phenoxy) is 1. The monoisotopic (exact) mass is 290 g/mol. The molecule has 0 aromatic heterocycles. The number of benzene rings is 2. The van der Waals surface area contributed by atoms with Crippen molar-refractivity contribution in [2.24, 2.45) is 5.84 Å². The Balaban J connectivity index is 1.87. The van der Waals surface area contributed by atoms with Gasteiger partial charge in [-0.15, -0.1) is 11.8 Å². The predicted molar refractivity (Wildman–Crippen MR) is 78.0 cm³/mol. The standard InChI is InChI=1S/C15H15FN2OS/c16-11-6-2-1-5-10(11)15(18-17)13-9-20-14-8-4-3-7-12(14)19-13/h1-8,13,15,18H,9,17H2. The molecule has 1 heterocycles. The molecule has 0 bridgehead atoms. The maximum atomic E-state index is 13.9. The minimum Gasteiger partial charge on any atom is -0.486 e. The van der Waals surface area contributed by atoms with Gasteiger partial charge in [0.2, 0.25) is 0 Å². The Morgan fingerprint density at radius 1 is 1.20 bits per heavy atom. The number of halogens is 1. The fourth-order valence-electron chi connectivity index (χ4n) is 2.32. The summed E-state index contributed by atoms with van der Waals surface area (Å²) in [6.07, 6.45) is -0.211. The lowest BCUT2D eigenvalue weighted by atomic mass is 10.0. The molecule has 1 aliphatic rings. The molecule has 0 fully saturated rings. The molecule has 20 heavy (non-hydrogen) atoms. The molecule has 0 saturated heterocycles. The van der Waals surface area contributed by atoms with Crippen molar-refractivity contribution in [3.8, 4) is 5.75 Å². The summed E-state index contributed by atoms with van der Waals surface area (Å²) in [6.45, 7) is 0. The number of rotatable bonds is 3. The number of fused-ring (bicyclic) bond motifs is 1. The van der Waals surface area contributed by atoms with Crippen LogP contribution in [0, 0.1) is 5.82 Å². The lowest BCUT2D eigenvalue weighted by Gasteiger charge is -2.31. The van der Waals surface area contributed by atoms with Crippen LogP contribution < -0.4 is 16.0 Å². The van der Waals surface area contributed by atoms with Gasteiger partial charge in [-0.25, -0.2) is 9.82 Å². The highest BCUT2D eigenvalue weighted by molar-refractivity contribution is 7.99. The third-order valence-electron chi connectivity index (χ3n) is 3.32. The van der Waals surface area contributed by atoms with Gasteiger partial charge in [0.25, 0.3) is 0 Å². The average Bonchev–Trinajstić information content (AvgIpc) is 2.50. The summed E-state index contributed by atoms with van der Waals surface area (Å²) in [7, 11) is 0. The minimum absolute atomic E-state index is 0.211. The van der Waals surface area contributed by atoms with Crippen molar-refractivity contribution in [1.29, 1.82) is 0 Å². The summed E-state index contributed by atoms with van der Waals surface area (Å²) >= 11 is 1.70. The van der Waals surface area contributed by atoms with Gasteiger partial charge in [0.05, 0.1) is 6.04 Å². The van der Waals surface area contributed by atoms with Gasteiger partial charge in [-0.2, -0.15) is 0 Å². The van der Waals surface area contributed by atoms with E-state index >= 15 is 0 Å². The van der Waals surface area contributed by atoms with Crippen LogP contribution in [-0.2, 0) is 0 Å². The largest absolute Gasteiger partial charge is 0.486 e. The molecule has 2 aromatic rings. The van der Waals surface area contributed by atoms with E-state index in [2.05, 4.69) is 5.43 Å². The molecule has 0 radical (unpaired) electrons. The zero-order chi connectivity index (χ0) is 13.9. The number of para-hydroxylation sites is 1. The SMILES string of the molecule is NNC(c1ccccc1F)C1CSc2ccccc2O1. The fraction of sp³-hybridized carbons (Fsp3) is 0.200. The van der Waals surface area contributed by atoms with E-state index < -0.39 is 0 Å². The van der Waals surface area contributed by atoms with Gasteiger partial charge < -0.3 is 4.74 Å². The highest BCUT2D eigenvalue weighted by Gasteiger charge is 2.30. The molecule has 104 valence electrons. The maximum Gasteiger partial charge on any atom is 0.133 e. The molecule has 3 nitrogen and oxygen atoms in total. The molecule has 0 amide bonds. The molecule has 3 rings (SSSR count). The minimum atomic E-state index is -0.378. The van der Waals surface area contributed by atoms with E-state index in [1.807, 2.05) is 24.3 Å². The quantitative estimate of drug-likeness (QED) is 0.674. The van der Waals surface area contributed by atoms with Crippen molar-refractivity contribution in [2.45, 2.75) is 17.0 Å². The Bertz CT molecular complexity index is 608. The van der Waals surface area contributed by atoms with Crippen molar-refractivity contribution in [3.05, 3.63) is 59.9 Å². The van der Waals surface area contributed by atoms with E-state index in [1.165, 1.54) is 6.07 Å². The van der Waals surface area contributed by atoms with Crippen LogP contribution in [0.5, 0.6) is 5.75 Å². The summed E-state index contributed by atoms with van der Waals surface area (Å²) < 4.78 is 19.9. The number of nitrogens with two attached hydrogens (primary N) is 1. The number of thioether (sulfide) groups is 1. The first-order valence-electron chi connectivity index (χ1n) is 6.38. The normalized spacial score (nSPS) is 19.0. The molecule has 2 unspecified atom stereocenters.